The summed E-state index contributed by atoms with van der Waals surface area (Å²) in [5, 5.41) is 9.43. The molecular weight excluding hydrogens is 172 g/mol. The molecule has 1 aromatic rings. The van der Waals surface area contributed by atoms with E-state index in [1.165, 1.54) is 11.1 Å². The van der Waals surface area contributed by atoms with Gasteiger partial charge in [-0.25, -0.2) is 0 Å². The van der Waals surface area contributed by atoms with Crippen molar-refractivity contribution >= 4 is 0 Å². The van der Waals surface area contributed by atoms with E-state index in [4.69, 9.17) is 0 Å². The van der Waals surface area contributed by atoms with Crippen LogP contribution in [0.5, 0.6) is 0 Å². The standard InChI is InChI=1S/C13H18O/c1-9(2)12-7-10-5-3-4-6-11(10)13(12)8-14/h3-6,9,12-14H,7-8H2,1-2H3. The van der Waals surface area contributed by atoms with Crippen molar-refractivity contribution in [2.45, 2.75) is 26.2 Å². The first-order valence-corrected chi connectivity index (χ1v) is 5.42. The van der Waals surface area contributed by atoms with Gasteiger partial charge in [0.05, 0.1) is 6.61 Å². The molecule has 14 heavy (non-hydrogen) atoms. The molecule has 1 aliphatic carbocycles. The van der Waals surface area contributed by atoms with Crippen LogP contribution in [0.2, 0.25) is 0 Å². The molecule has 2 atom stereocenters. The Hall–Kier alpha value is -0.820. The predicted octanol–water partition coefficient (Wildman–Crippen LogP) is 2.59. The summed E-state index contributed by atoms with van der Waals surface area (Å²) in [7, 11) is 0. The van der Waals surface area contributed by atoms with Crippen molar-refractivity contribution in [3.63, 3.8) is 0 Å². The van der Waals surface area contributed by atoms with Crippen LogP contribution < -0.4 is 0 Å². The van der Waals surface area contributed by atoms with Crippen LogP contribution >= 0.6 is 0 Å². The van der Waals surface area contributed by atoms with Gasteiger partial charge in [-0.15, -0.1) is 0 Å². The van der Waals surface area contributed by atoms with Gasteiger partial charge in [0, 0.05) is 5.92 Å². The van der Waals surface area contributed by atoms with Crippen LogP contribution in [-0.2, 0) is 6.42 Å². The second-order valence-corrected chi connectivity index (χ2v) is 4.60. The first-order valence-electron chi connectivity index (χ1n) is 5.42. The molecule has 0 saturated heterocycles. The number of rotatable bonds is 2. The van der Waals surface area contributed by atoms with Gasteiger partial charge in [-0.3, -0.25) is 0 Å². The van der Waals surface area contributed by atoms with Gasteiger partial charge in [0.2, 0.25) is 0 Å². The van der Waals surface area contributed by atoms with E-state index in [0.717, 1.165) is 6.42 Å². The van der Waals surface area contributed by atoms with Crippen molar-refractivity contribution in [3.8, 4) is 0 Å². The highest BCUT2D eigenvalue weighted by Crippen LogP contribution is 2.41. The van der Waals surface area contributed by atoms with Crippen LogP contribution in [0.1, 0.15) is 30.9 Å². The molecule has 0 spiro atoms. The van der Waals surface area contributed by atoms with E-state index in [-0.39, 0.29) is 0 Å². The fourth-order valence-corrected chi connectivity index (χ4v) is 2.64. The molecule has 0 heterocycles. The van der Waals surface area contributed by atoms with Crippen molar-refractivity contribution in [3.05, 3.63) is 35.4 Å². The fourth-order valence-electron chi connectivity index (χ4n) is 2.64. The van der Waals surface area contributed by atoms with E-state index in [2.05, 4.69) is 38.1 Å². The van der Waals surface area contributed by atoms with Crippen molar-refractivity contribution in [1.29, 1.82) is 0 Å². The van der Waals surface area contributed by atoms with Gasteiger partial charge in [0.25, 0.3) is 0 Å². The number of hydrogen-bond donors (Lipinski definition) is 1. The summed E-state index contributed by atoms with van der Waals surface area (Å²) in [6, 6.07) is 8.53. The monoisotopic (exact) mass is 190 g/mol. The second kappa shape index (κ2) is 3.74. The molecular formula is C13H18O. The van der Waals surface area contributed by atoms with Crippen LogP contribution in [0.3, 0.4) is 0 Å². The normalized spacial score (nSPS) is 25.4. The highest BCUT2D eigenvalue weighted by Gasteiger charge is 2.33. The zero-order valence-corrected chi connectivity index (χ0v) is 8.90. The Labute approximate surface area is 85.8 Å². The summed E-state index contributed by atoms with van der Waals surface area (Å²) in [4.78, 5) is 0. The van der Waals surface area contributed by atoms with Gasteiger partial charge in [-0.1, -0.05) is 38.1 Å². The molecule has 0 fully saturated rings. The highest BCUT2D eigenvalue weighted by molar-refractivity contribution is 5.36. The van der Waals surface area contributed by atoms with Crippen LogP contribution in [0.25, 0.3) is 0 Å². The van der Waals surface area contributed by atoms with Crippen molar-refractivity contribution in [2.75, 3.05) is 6.61 Å². The SMILES string of the molecule is CC(C)C1Cc2ccccc2C1CO. The van der Waals surface area contributed by atoms with Gasteiger partial charge in [0.15, 0.2) is 0 Å². The molecule has 1 nitrogen and oxygen atoms in total. The summed E-state index contributed by atoms with van der Waals surface area (Å²) in [5.41, 5.74) is 2.80. The van der Waals surface area contributed by atoms with Crippen LogP contribution in [-0.4, -0.2) is 11.7 Å². The fraction of sp³-hybridized carbons (Fsp3) is 0.538. The molecule has 0 saturated carbocycles. The Balaban J connectivity index is 2.34. The maximum absolute atomic E-state index is 9.43. The zero-order valence-electron chi connectivity index (χ0n) is 8.90. The number of aliphatic hydroxyl groups excluding tert-OH is 1. The quantitative estimate of drug-likeness (QED) is 0.760. The molecule has 0 bridgehead atoms. The number of hydrogen-bond acceptors (Lipinski definition) is 1. The van der Waals surface area contributed by atoms with E-state index >= 15 is 0 Å². The Kier molecular flexibility index (Phi) is 2.60. The van der Waals surface area contributed by atoms with Gasteiger partial charge >= 0.3 is 0 Å². The van der Waals surface area contributed by atoms with Gasteiger partial charge in [-0.05, 0) is 29.4 Å². The highest BCUT2D eigenvalue weighted by atomic mass is 16.3. The van der Waals surface area contributed by atoms with E-state index in [9.17, 15) is 5.11 Å². The average Bonchev–Trinajstić information content (AvgIpc) is 2.56. The third-order valence-corrected chi connectivity index (χ3v) is 3.48. The predicted molar refractivity (Wildman–Crippen MR) is 58.3 cm³/mol. The largest absolute Gasteiger partial charge is 0.396 e. The van der Waals surface area contributed by atoms with Crippen LogP contribution in [0.15, 0.2) is 24.3 Å². The van der Waals surface area contributed by atoms with Crippen molar-refractivity contribution in [1.82, 2.24) is 0 Å². The van der Waals surface area contributed by atoms with Crippen LogP contribution in [0, 0.1) is 11.8 Å². The Morgan fingerprint density at radius 2 is 2.07 bits per heavy atom. The first kappa shape index (κ1) is 9.72. The van der Waals surface area contributed by atoms with E-state index in [1.54, 1.807) is 0 Å². The zero-order chi connectivity index (χ0) is 10.1. The van der Waals surface area contributed by atoms with Gasteiger partial charge < -0.3 is 5.11 Å². The molecule has 2 unspecified atom stereocenters. The maximum Gasteiger partial charge on any atom is 0.0502 e. The first-order chi connectivity index (χ1) is 6.74. The maximum atomic E-state index is 9.43. The summed E-state index contributed by atoms with van der Waals surface area (Å²) in [5.74, 6) is 1.64. The third kappa shape index (κ3) is 1.46. The summed E-state index contributed by atoms with van der Waals surface area (Å²) < 4.78 is 0. The molecule has 1 aromatic carbocycles. The topological polar surface area (TPSA) is 20.2 Å². The third-order valence-electron chi connectivity index (χ3n) is 3.48. The van der Waals surface area contributed by atoms with Crippen LogP contribution in [0.4, 0.5) is 0 Å². The number of fused-ring (bicyclic) bond motifs is 1. The summed E-state index contributed by atoms with van der Waals surface area (Å²) >= 11 is 0. The lowest BCUT2D eigenvalue weighted by Crippen LogP contribution is -2.17. The molecule has 1 heteroatoms. The number of benzene rings is 1. The molecule has 0 amide bonds. The molecule has 2 rings (SSSR count). The smallest absolute Gasteiger partial charge is 0.0502 e. The van der Waals surface area contributed by atoms with Crippen molar-refractivity contribution in [2.24, 2.45) is 11.8 Å². The molecule has 1 N–H and O–H groups in total. The lowest BCUT2D eigenvalue weighted by Gasteiger charge is -2.21. The van der Waals surface area contributed by atoms with Gasteiger partial charge in [0.1, 0.15) is 0 Å². The minimum Gasteiger partial charge on any atom is -0.396 e. The molecule has 76 valence electrons. The van der Waals surface area contributed by atoms with Crippen molar-refractivity contribution < 1.29 is 5.11 Å². The summed E-state index contributed by atoms with van der Waals surface area (Å²) in [6.07, 6.45) is 1.14. The minimum atomic E-state index is 0.292. The van der Waals surface area contributed by atoms with E-state index < -0.39 is 0 Å². The average molecular weight is 190 g/mol. The number of aliphatic hydroxyl groups is 1. The Bertz CT molecular complexity index is 317. The lowest BCUT2D eigenvalue weighted by molar-refractivity contribution is 0.208. The lowest BCUT2D eigenvalue weighted by atomic mass is 9.85. The van der Waals surface area contributed by atoms with E-state index in [1.807, 2.05) is 0 Å². The molecule has 0 radical (unpaired) electrons. The Morgan fingerprint density at radius 3 is 2.71 bits per heavy atom. The second-order valence-electron chi connectivity index (χ2n) is 4.60. The minimum absolute atomic E-state index is 0.292. The molecule has 1 aliphatic rings. The summed E-state index contributed by atoms with van der Waals surface area (Å²) in [6.45, 7) is 4.79. The van der Waals surface area contributed by atoms with Gasteiger partial charge in [-0.2, -0.15) is 0 Å². The molecule has 0 aromatic heterocycles. The molecule has 0 aliphatic heterocycles. The Morgan fingerprint density at radius 1 is 1.36 bits per heavy atom. The van der Waals surface area contributed by atoms with E-state index in [0.29, 0.717) is 24.4 Å².